The van der Waals surface area contributed by atoms with Crippen LogP contribution in [0.15, 0.2) is 48.5 Å². The lowest BCUT2D eigenvalue weighted by molar-refractivity contribution is -0.106. The molecule has 5 nitrogen and oxygen atoms in total. The van der Waals surface area contributed by atoms with Gasteiger partial charge in [0, 0.05) is 12.5 Å². The molecule has 0 aromatic heterocycles. The second-order valence-electron chi connectivity index (χ2n) is 8.30. The Labute approximate surface area is 186 Å². The van der Waals surface area contributed by atoms with E-state index in [2.05, 4.69) is 41.3 Å². The Morgan fingerprint density at radius 1 is 0.968 bits per heavy atom. The fourth-order valence-corrected chi connectivity index (χ4v) is 4.52. The molecule has 2 aromatic carbocycles. The maximum atomic E-state index is 10.5. The van der Waals surface area contributed by atoms with Gasteiger partial charge in [-0.25, -0.2) is 0 Å². The van der Waals surface area contributed by atoms with Gasteiger partial charge in [0.25, 0.3) is 0 Å². The van der Waals surface area contributed by atoms with Crippen LogP contribution in [0, 0.1) is 0 Å². The first-order valence-corrected chi connectivity index (χ1v) is 11.3. The fourth-order valence-electron chi connectivity index (χ4n) is 4.52. The van der Waals surface area contributed by atoms with Crippen LogP contribution in [0.25, 0.3) is 11.1 Å². The SMILES string of the molecule is CC=O.COc1ccc(-c2ccc(CO[C@@H]3C[C@@H](O)[C@@H](N4CCCCC4)C3)cc2)cc1. The Kier molecular flexibility index (Phi) is 9.07. The van der Waals surface area contributed by atoms with Crippen molar-refractivity contribution in [3.63, 3.8) is 0 Å². The lowest BCUT2D eigenvalue weighted by Crippen LogP contribution is -2.43. The molecule has 0 radical (unpaired) electrons. The van der Waals surface area contributed by atoms with Gasteiger partial charge in [-0.3, -0.25) is 4.90 Å². The van der Waals surface area contributed by atoms with Crippen molar-refractivity contribution in [2.24, 2.45) is 0 Å². The number of likely N-dealkylation sites (tertiary alicyclic amines) is 1. The van der Waals surface area contributed by atoms with E-state index in [0.717, 1.165) is 38.0 Å². The summed E-state index contributed by atoms with van der Waals surface area (Å²) in [6.07, 6.45) is 6.20. The Balaban J connectivity index is 0.000000858. The Morgan fingerprint density at radius 2 is 1.55 bits per heavy atom. The predicted molar refractivity (Wildman–Crippen MR) is 123 cm³/mol. The number of hydrogen-bond donors (Lipinski definition) is 1. The lowest BCUT2D eigenvalue weighted by Gasteiger charge is -2.33. The van der Waals surface area contributed by atoms with E-state index < -0.39 is 0 Å². The molecule has 2 fully saturated rings. The second kappa shape index (κ2) is 12.0. The number of aliphatic hydroxyl groups is 1. The van der Waals surface area contributed by atoms with Gasteiger partial charge in [-0.05, 0) is 68.1 Å². The van der Waals surface area contributed by atoms with E-state index >= 15 is 0 Å². The molecule has 0 spiro atoms. The number of carbonyl (C=O) groups is 1. The van der Waals surface area contributed by atoms with Gasteiger partial charge < -0.3 is 19.4 Å². The zero-order valence-electron chi connectivity index (χ0n) is 18.7. The van der Waals surface area contributed by atoms with Crippen LogP contribution in [0.1, 0.15) is 44.6 Å². The molecule has 1 saturated carbocycles. The molecular formula is C26H35NO4. The summed E-state index contributed by atoms with van der Waals surface area (Å²) in [5, 5.41) is 10.5. The van der Waals surface area contributed by atoms with Gasteiger partial charge in [0.2, 0.25) is 0 Å². The second-order valence-corrected chi connectivity index (χ2v) is 8.30. The van der Waals surface area contributed by atoms with Crippen molar-refractivity contribution in [3.05, 3.63) is 54.1 Å². The van der Waals surface area contributed by atoms with Gasteiger partial charge in [0.05, 0.1) is 25.9 Å². The summed E-state index contributed by atoms with van der Waals surface area (Å²) in [6.45, 7) is 4.30. The van der Waals surface area contributed by atoms with Gasteiger partial charge in [-0.1, -0.05) is 42.8 Å². The quantitative estimate of drug-likeness (QED) is 0.693. The lowest BCUT2D eigenvalue weighted by atomic mass is 10.0. The van der Waals surface area contributed by atoms with Gasteiger partial charge in [-0.2, -0.15) is 0 Å². The van der Waals surface area contributed by atoms with Gasteiger partial charge >= 0.3 is 0 Å². The monoisotopic (exact) mass is 425 g/mol. The van der Waals surface area contributed by atoms with Crippen LogP contribution >= 0.6 is 0 Å². The summed E-state index contributed by atoms with van der Waals surface area (Å²) in [5.41, 5.74) is 3.54. The predicted octanol–water partition coefficient (Wildman–Crippen LogP) is 4.46. The molecule has 0 amide bonds. The Bertz CT molecular complexity index is 784. The Morgan fingerprint density at radius 3 is 2.13 bits per heavy atom. The summed E-state index contributed by atoms with van der Waals surface area (Å²) in [6, 6.07) is 16.9. The minimum absolute atomic E-state index is 0.156. The first-order chi connectivity index (χ1) is 15.1. The Hall–Kier alpha value is -2.21. The molecule has 2 aromatic rings. The van der Waals surface area contributed by atoms with Crippen molar-refractivity contribution in [2.75, 3.05) is 20.2 Å². The summed E-state index contributed by atoms with van der Waals surface area (Å²) < 4.78 is 11.4. The molecular weight excluding hydrogens is 390 g/mol. The number of nitrogens with zero attached hydrogens (tertiary/aromatic N) is 1. The van der Waals surface area contributed by atoms with Crippen molar-refractivity contribution < 1.29 is 19.4 Å². The number of methoxy groups -OCH3 is 1. The van der Waals surface area contributed by atoms with Crippen LogP contribution in [-0.4, -0.2) is 54.7 Å². The number of aliphatic hydroxyl groups excluding tert-OH is 1. The smallest absolute Gasteiger partial charge is 0.118 e. The van der Waals surface area contributed by atoms with E-state index in [9.17, 15) is 5.11 Å². The average Bonchev–Trinajstić information content (AvgIpc) is 3.20. The van der Waals surface area contributed by atoms with Gasteiger partial charge in [0.15, 0.2) is 0 Å². The van der Waals surface area contributed by atoms with E-state index in [0.29, 0.717) is 6.61 Å². The molecule has 1 N–H and O–H groups in total. The third-order valence-electron chi connectivity index (χ3n) is 6.18. The van der Waals surface area contributed by atoms with Crippen LogP contribution < -0.4 is 4.74 Å². The highest BCUT2D eigenvalue weighted by atomic mass is 16.5. The number of aldehydes is 1. The van der Waals surface area contributed by atoms with E-state index in [1.54, 1.807) is 7.11 Å². The maximum Gasteiger partial charge on any atom is 0.118 e. The molecule has 2 aliphatic rings. The zero-order chi connectivity index (χ0) is 22.1. The molecule has 1 saturated heterocycles. The first kappa shape index (κ1) is 23.5. The highest BCUT2D eigenvalue weighted by Crippen LogP contribution is 2.30. The topological polar surface area (TPSA) is 59.0 Å². The number of piperidine rings is 1. The summed E-state index contributed by atoms with van der Waals surface area (Å²) >= 11 is 0. The first-order valence-electron chi connectivity index (χ1n) is 11.3. The van der Waals surface area contributed by atoms with Gasteiger partial charge in [0.1, 0.15) is 12.0 Å². The highest BCUT2D eigenvalue weighted by molar-refractivity contribution is 5.64. The molecule has 3 atom stereocenters. The number of rotatable bonds is 6. The van der Waals surface area contributed by atoms with Crippen LogP contribution in [-0.2, 0) is 16.1 Å². The van der Waals surface area contributed by atoms with E-state index in [-0.39, 0.29) is 18.2 Å². The van der Waals surface area contributed by atoms with Crippen molar-refractivity contribution in [2.45, 2.75) is 63.9 Å². The summed E-state index contributed by atoms with van der Waals surface area (Å²) in [5.74, 6) is 0.871. The minimum atomic E-state index is -0.249. The maximum absolute atomic E-state index is 10.5. The molecule has 1 aliphatic carbocycles. The highest BCUT2D eigenvalue weighted by Gasteiger charge is 2.37. The molecule has 31 heavy (non-hydrogen) atoms. The zero-order valence-corrected chi connectivity index (χ0v) is 18.7. The van der Waals surface area contributed by atoms with E-state index in [1.807, 2.05) is 12.1 Å². The van der Waals surface area contributed by atoms with Gasteiger partial charge in [-0.15, -0.1) is 0 Å². The van der Waals surface area contributed by atoms with Crippen LogP contribution in [0.3, 0.4) is 0 Å². The van der Waals surface area contributed by atoms with Crippen molar-refractivity contribution in [1.82, 2.24) is 4.90 Å². The number of benzene rings is 2. The third kappa shape index (κ3) is 6.63. The molecule has 0 unspecified atom stereocenters. The van der Waals surface area contributed by atoms with Crippen LogP contribution in [0.5, 0.6) is 5.75 Å². The average molecular weight is 426 g/mol. The summed E-state index contributed by atoms with van der Waals surface area (Å²) in [4.78, 5) is 11.3. The molecule has 168 valence electrons. The van der Waals surface area contributed by atoms with Crippen LogP contribution in [0.2, 0.25) is 0 Å². The number of hydrogen-bond acceptors (Lipinski definition) is 5. The molecule has 1 aliphatic heterocycles. The van der Waals surface area contributed by atoms with Crippen molar-refractivity contribution in [1.29, 1.82) is 0 Å². The molecule has 5 heteroatoms. The van der Waals surface area contributed by atoms with Crippen molar-refractivity contribution in [3.8, 4) is 16.9 Å². The molecule has 0 bridgehead atoms. The third-order valence-corrected chi connectivity index (χ3v) is 6.18. The van der Waals surface area contributed by atoms with Crippen molar-refractivity contribution >= 4 is 6.29 Å². The minimum Gasteiger partial charge on any atom is -0.497 e. The normalized spacial score (nSPS) is 23.6. The summed E-state index contributed by atoms with van der Waals surface area (Å²) in [7, 11) is 1.68. The number of carbonyl (C=O) groups excluding carboxylic acids is 1. The fraction of sp³-hybridized carbons (Fsp3) is 0.500. The van der Waals surface area contributed by atoms with E-state index in [1.165, 1.54) is 42.9 Å². The standard InChI is InChI=1S/C24H31NO3.C2H4O/c1-27-21-11-9-20(10-12-21)19-7-5-18(6-8-19)17-28-22-15-23(24(26)16-22)25-13-3-2-4-14-25;1-2-3/h5-12,22-24,26H,2-4,13-17H2,1H3;2H,1H3/t22-,23-,24+;/m0./s1. The van der Waals surface area contributed by atoms with Crippen LogP contribution in [0.4, 0.5) is 0 Å². The largest absolute Gasteiger partial charge is 0.497 e. The molecule has 1 heterocycles. The van der Waals surface area contributed by atoms with E-state index in [4.69, 9.17) is 14.3 Å². The molecule has 4 rings (SSSR count). The number of ether oxygens (including phenoxy) is 2.